The number of carbonyl (C=O) groups is 1. The van der Waals surface area contributed by atoms with Crippen molar-refractivity contribution < 1.29 is 4.79 Å². The van der Waals surface area contributed by atoms with Gasteiger partial charge in [0.25, 0.3) is 5.78 Å². The van der Waals surface area contributed by atoms with Crippen LogP contribution in [-0.2, 0) is 11.2 Å². The summed E-state index contributed by atoms with van der Waals surface area (Å²) in [6.07, 6.45) is 1.17. The Morgan fingerprint density at radius 3 is 2.80 bits per heavy atom. The number of aryl methyl sites for hydroxylation is 2. The highest BCUT2D eigenvalue weighted by Crippen LogP contribution is 2.05. The summed E-state index contributed by atoms with van der Waals surface area (Å²) >= 11 is 0. The number of hydrogen-bond donors (Lipinski definition) is 1. The molecule has 2 rings (SSSR count). The van der Waals surface area contributed by atoms with Crippen LogP contribution in [0.5, 0.6) is 0 Å². The second-order valence-corrected chi connectivity index (χ2v) is 5.49. The number of nitrogens with one attached hydrogen (secondary N) is 1. The molecule has 108 valence electrons. The predicted molar refractivity (Wildman–Crippen MR) is 76.4 cm³/mol. The summed E-state index contributed by atoms with van der Waals surface area (Å²) in [7, 11) is 0. The van der Waals surface area contributed by atoms with Crippen LogP contribution < -0.4 is 5.32 Å². The third kappa shape index (κ3) is 3.53. The Balaban J connectivity index is 2.03. The number of aromatic nitrogens is 4. The van der Waals surface area contributed by atoms with E-state index in [4.69, 9.17) is 0 Å². The van der Waals surface area contributed by atoms with Gasteiger partial charge in [0.05, 0.1) is 6.42 Å². The Labute approximate surface area is 118 Å². The van der Waals surface area contributed by atoms with Crippen molar-refractivity contribution in [1.82, 2.24) is 24.9 Å². The summed E-state index contributed by atoms with van der Waals surface area (Å²) in [5, 5.41) is 7.20. The van der Waals surface area contributed by atoms with Crippen molar-refractivity contribution in [2.24, 2.45) is 5.92 Å². The number of fused-ring (bicyclic) bond motifs is 1. The first-order chi connectivity index (χ1) is 9.45. The minimum Gasteiger partial charge on any atom is -0.356 e. The van der Waals surface area contributed by atoms with Gasteiger partial charge in [0.1, 0.15) is 0 Å². The lowest BCUT2D eigenvalue weighted by atomic mass is 10.1. The minimum atomic E-state index is -0.0454. The molecule has 0 atom stereocenters. The smallest absolute Gasteiger partial charge is 0.252 e. The molecule has 0 saturated carbocycles. The molecule has 2 aromatic rings. The molecule has 0 aromatic carbocycles. The van der Waals surface area contributed by atoms with Crippen LogP contribution in [0.3, 0.4) is 0 Å². The van der Waals surface area contributed by atoms with Gasteiger partial charge in [-0.1, -0.05) is 13.8 Å². The molecular formula is C14H21N5O. The second-order valence-electron chi connectivity index (χ2n) is 5.49. The molecule has 0 aliphatic rings. The van der Waals surface area contributed by atoms with Gasteiger partial charge in [-0.05, 0) is 32.3 Å². The Morgan fingerprint density at radius 1 is 1.35 bits per heavy atom. The van der Waals surface area contributed by atoms with E-state index in [1.807, 2.05) is 19.9 Å². The van der Waals surface area contributed by atoms with Gasteiger partial charge < -0.3 is 5.32 Å². The van der Waals surface area contributed by atoms with E-state index in [1.165, 1.54) is 0 Å². The summed E-state index contributed by atoms with van der Waals surface area (Å²) < 4.78 is 1.67. The molecule has 0 aliphatic carbocycles. The Bertz CT molecular complexity index is 617. The molecule has 2 heterocycles. The van der Waals surface area contributed by atoms with E-state index in [0.717, 1.165) is 17.8 Å². The fourth-order valence-corrected chi connectivity index (χ4v) is 1.99. The maximum atomic E-state index is 11.8. The predicted octanol–water partition coefficient (Wildman–Crippen LogP) is 1.45. The van der Waals surface area contributed by atoms with Crippen LogP contribution in [-0.4, -0.2) is 32.0 Å². The molecule has 6 nitrogen and oxygen atoms in total. The minimum absolute atomic E-state index is 0.0454. The Morgan fingerprint density at radius 2 is 2.10 bits per heavy atom. The van der Waals surface area contributed by atoms with Crippen molar-refractivity contribution in [2.45, 2.75) is 40.5 Å². The molecule has 0 spiro atoms. The standard InChI is InChI=1S/C14H21N5O/c1-9(2)5-6-15-13(20)8-12-17-14-16-10(3)7-11(4)19(14)18-12/h7,9H,5-6,8H2,1-4H3,(H,15,20). The average Bonchev–Trinajstić information content (AvgIpc) is 2.71. The van der Waals surface area contributed by atoms with Crippen LogP contribution in [0.2, 0.25) is 0 Å². The largest absolute Gasteiger partial charge is 0.356 e. The monoisotopic (exact) mass is 275 g/mol. The molecule has 6 heteroatoms. The molecular weight excluding hydrogens is 254 g/mol. The van der Waals surface area contributed by atoms with E-state index < -0.39 is 0 Å². The first-order valence-electron chi connectivity index (χ1n) is 6.92. The van der Waals surface area contributed by atoms with Crippen molar-refractivity contribution >= 4 is 11.7 Å². The van der Waals surface area contributed by atoms with Crippen molar-refractivity contribution in [3.63, 3.8) is 0 Å². The molecule has 1 amide bonds. The highest BCUT2D eigenvalue weighted by atomic mass is 16.1. The number of hydrogen-bond acceptors (Lipinski definition) is 4. The van der Waals surface area contributed by atoms with Crippen molar-refractivity contribution in [2.75, 3.05) is 6.54 Å². The van der Waals surface area contributed by atoms with Crippen LogP contribution in [0, 0.1) is 19.8 Å². The molecule has 0 unspecified atom stereocenters. The highest BCUT2D eigenvalue weighted by molar-refractivity contribution is 5.77. The van der Waals surface area contributed by atoms with E-state index in [0.29, 0.717) is 24.1 Å². The summed E-state index contributed by atoms with van der Waals surface area (Å²) in [5.74, 6) is 1.59. The van der Waals surface area contributed by atoms with E-state index in [1.54, 1.807) is 4.52 Å². The van der Waals surface area contributed by atoms with Crippen LogP contribution in [0.4, 0.5) is 0 Å². The topological polar surface area (TPSA) is 72.2 Å². The summed E-state index contributed by atoms with van der Waals surface area (Å²) in [6.45, 7) is 8.82. The molecule has 2 aromatic heterocycles. The molecule has 0 aliphatic heterocycles. The zero-order valence-corrected chi connectivity index (χ0v) is 12.5. The first-order valence-corrected chi connectivity index (χ1v) is 6.92. The second kappa shape index (κ2) is 5.98. The van der Waals surface area contributed by atoms with Gasteiger partial charge in [0.15, 0.2) is 5.82 Å². The van der Waals surface area contributed by atoms with Crippen LogP contribution in [0.25, 0.3) is 5.78 Å². The van der Waals surface area contributed by atoms with Gasteiger partial charge in [0, 0.05) is 17.9 Å². The SMILES string of the molecule is Cc1cc(C)n2nc(CC(=O)NCCC(C)C)nc2n1. The van der Waals surface area contributed by atoms with Gasteiger partial charge in [0.2, 0.25) is 5.91 Å². The van der Waals surface area contributed by atoms with Crippen LogP contribution in [0.1, 0.15) is 37.5 Å². The summed E-state index contributed by atoms with van der Waals surface area (Å²) in [5.41, 5.74) is 1.86. The molecule has 20 heavy (non-hydrogen) atoms. The van der Waals surface area contributed by atoms with Gasteiger partial charge >= 0.3 is 0 Å². The molecule has 0 saturated heterocycles. The van der Waals surface area contributed by atoms with E-state index >= 15 is 0 Å². The quantitative estimate of drug-likeness (QED) is 0.896. The van der Waals surface area contributed by atoms with Crippen molar-refractivity contribution in [3.8, 4) is 0 Å². The van der Waals surface area contributed by atoms with Crippen LogP contribution in [0.15, 0.2) is 6.07 Å². The maximum Gasteiger partial charge on any atom is 0.252 e. The molecule has 0 radical (unpaired) electrons. The Kier molecular flexibility index (Phi) is 4.32. The van der Waals surface area contributed by atoms with Gasteiger partial charge in [-0.15, -0.1) is 5.10 Å². The van der Waals surface area contributed by atoms with E-state index in [-0.39, 0.29) is 12.3 Å². The normalized spacial score (nSPS) is 11.2. The third-order valence-corrected chi connectivity index (χ3v) is 3.02. The summed E-state index contributed by atoms with van der Waals surface area (Å²) in [4.78, 5) is 20.4. The fourth-order valence-electron chi connectivity index (χ4n) is 1.99. The zero-order valence-electron chi connectivity index (χ0n) is 12.5. The molecule has 0 fully saturated rings. The third-order valence-electron chi connectivity index (χ3n) is 3.02. The number of carbonyl (C=O) groups excluding carboxylic acids is 1. The summed E-state index contributed by atoms with van der Waals surface area (Å²) in [6, 6.07) is 1.94. The zero-order chi connectivity index (χ0) is 14.7. The lowest BCUT2D eigenvalue weighted by Gasteiger charge is -2.05. The van der Waals surface area contributed by atoms with E-state index in [2.05, 4.69) is 34.2 Å². The Hall–Kier alpha value is -1.98. The molecule has 1 N–H and O–H groups in total. The van der Waals surface area contributed by atoms with Gasteiger partial charge in [-0.3, -0.25) is 4.79 Å². The fraction of sp³-hybridized carbons (Fsp3) is 0.571. The lowest BCUT2D eigenvalue weighted by molar-refractivity contribution is -0.120. The maximum absolute atomic E-state index is 11.8. The average molecular weight is 275 g/mol. The number of rotatable bonds is 5. The molecule has 0 bridgehead atoms. The number of amides is 1. The van der Waals surface area contributed by atoms with Crippen molar-refractivity contribution in [3.05, 3.63) is 23.3 Å². The van der Waals surface area contributed by atoms with Crippen molar-refractivity contribution in [1.29, 1.82) is 0 Å². The van der Waals surface area contributed by atoms with Crippen LogP contribution >= 0.6 is 0 Å². The lowest BCUT2D eigenvalue weighted by Crippen LogP contribution is -2.27. The van der Waals surface area contributed by atoms with Gasteiger partial charge in [-0.25, -0.2) is 9.50 Å². The highest BCUT2D eigenvalue weighted by Gasteiger charge is 2.11. The number of nitrogens with zero attached hydrogens (tertiary/aromatic N) is 4. The first kappa shape index (κ1) is 14.4. The van der Waals surface area contributed by atoms with Gasteiger partial charge in [-0.2, -0.15) is 4.98 Å². The van der Waals surface area contributed by atoms with E-state index in [9.17, 15) is 4.79 Å².